The molecule has 0 aliphatic heterocycles. The van der Waals surface area contributed by atoms with Crippen LogP contribution in [-0.4, -0.2) is 36.9 Å². The summed E-state index contributed by atoms with van der Waals surface area (Å²) in [4.78, 5) is 23.5. The van der Waals surface area contributed by atoms with Gasteiger partial charge >= 0.3 is 11.9 Å². The highest BCUT2D eigenvalue weighted by molar-refractivity contribution is 5.73. The molecular formula is C22H32O6. The molecule has 1 aromatic rings. The zero-order valence-electron chi connectivity index (χ0n) is 17.4. The SMILES string of the molecule is CCOC(=O)COCc1cccc(OC2CCC(C(=O)OC(C)(C)C)CC2)c1. The van der Waals surface area contributed by atoms with Gasteiger partial charge in [0.1, 0.15) is 18.0 Å². The average Bonchev–Trinajstić information content (AvgIpc) is 2.61. The van der Waals surface area contributed by atoms with Crippen LogP contribution >= 0.6 is 0 Å². The Balaban J connectivity index is 1.77. The van der Waals surface area contributed by atoms with Crippen LogP contribution in [0.2, 0.25) is 0 Å². The first kappa shape index (κ1) is 22.2. The molecule has 0 aromatic heterocycles. The van der Waals surface area contributed by atoms with E-state index in [-0.39, 0.29) is 30.6 Å². The Morgan fingerprint density at radius 3 is 2.46 bits per heavy atom. The van der Waals surface area contributed by atoms with Crippen molar-refractivity contribution in [2.45, 2.75) is 71.7 Å². The largest absolute Gasteiger partial charge is 0.490 e. The van der Waals surface area contributed by atoms with Crippen molar-refractivity contribution in [3.05, 3.63) is 29.8 Å². The van der Waals surface area contributed by atoms with E-state index in [2.05, 4.69) is 0 Å². The lowest BCUT2D eigenvalue weighted by atomic mass is 9.87. The molecule has 0 amide bonds. The molecule has 0 heterocycles. The number of benzene rings is 1. The highest BCUT2D eigenvalue weighted by atomic mass is 16.6. The minimum absolute atomic E-state index is 0.0401. The summed E-state index contributed by atoms with van der Waals surface area (Å²) in [6.07, 6.45) is 3.31. The van der Waals surface area contributed by atoms with Crippen LogP contribution in [0.4, 0.5) is 0 Å². The predicted octanol–water partition coefficient (Wildman–Crippen LogP) is 4.05. The molecule has 6 nitrogen and oxygen atoms in total. The van der Waals surface area contributed by atoms with Crippen molar-refractivity contribution in [2.24, 2.45) is 5.92 Å². The minimum Gasteiger partial charge on any atom is -0.490 e. The van der Waals surface area contributed by atoms with Crippen LogP contribution in [0.3, 0.4) is 0 Å². The molecule has 1 aliphatic carbocycles. The summed E-state index contributed by atoms with van der Waals surface area (Å²) in [5.41, 5.74) is 0.490. The molecule has 28 heavy (non-hydrogen) atoms. The van der Waals surface area contributed by atoms with Crippen LogP contribution in [0.15, 0.2) is 24.3 Å². The van der Waals surface area contributed by atoms with Crippen molar-refractivity contribution < 1.29 is 28.5 Å². The number of ether oxygens (including phenoxy) is 4. The molecule has 0 radical (unpaired) electrons. The van der Waals surface area contributed by atoms with Crippen molar-refractivity contribution in [2.75, 3.05) is 13.2 Å². The predicted molar refractivity (Wildman–Crippen MR) is 105 cm³/mol. The van der Waals surface area contributed by atoms with E-state index >= 15 is 0 Å². The number of hydrogen-bond acceptors (Lipinski definition) is 6. The normalized spacial score (nSPS) is 19.7. The van der Waals surface area contributed by atoms with Crippen LogP contribution in [0.5, 0.6) is 5.75 Å². The minimum atomic E-state index is -0.444. The van der Waals surface area contributed by atoms with E-state index in [1.54, 1.807) is 6.92 Å². The van der Waals surface area contributed by atoms with Gasteiger partial charge in [0.2, 0.25) is 0 Å². The summed E-state index contributed by atoms with van der Waals surface area (Å²) in [7, 11) is 0. The molecule has 1 aliphatic rings. The second-order valence-corrected chi connectivity index (χ2v) is 8.07. The van der Waals surface area contributed by atoms with Crippen LogP contribution in [0.1, 0.15) is 58.9 Å². The number of carbonyl (C=O) groups is 2. The third kappa shape index (κ3) is 7.89. The van der Waals surface area contributed by atoms with Crippen molar-refractivity contribution in [3.8, 4) is 5.75 Å². The van der Waals surface area contributed by atoms with E-state index in [0.717, 1.165) is 37.0 Å². The van der Waals surface area contributed by atoms with Gasteiger partial charge in [-0.25, -0.2) is 4.79 Å². The number of carbonyl (C=O) groups excluding carboxylic acids is 2. The van der Waals surface area contributed by atoms with Gasteiger partial charge in [0.05, 0.1) is 25.2 Å². The molecule has 1 aromatic carbocycles. The van der Waals surface area contributed by atoms with E-state index in [1.165, 1.54) is 0 Å². The van der Waals surface area contributed by atoms with Gasteiger partial charge in [0.25, 0.3) is 0 Å². The lowest BCUT2D eigenvalue weighted by Crippen LogP contribution is -2.33. The summed E-state index contributed by atoms with van der Waals surface area (Å²) >= 11 is 0. The van der Waals surface area contributed by atoms with E-state index in [1.807, 2.05) is 45.0 Å². The van der Waals surface area contributed by atoms with Gasteiger partial charge in [-0.2, -0.15) is 0 Å². The van der Waals surface area contributed by atoms with Gasteiger partial charge in [-0.1, -0.05) is 12.1 Å². The third-order valence-corrected chi connectivity index (χ3v) is 4.41. The molecule has 0 unspecified atom stereocenters. The molecule has 156 valence electrons. The Hall–Kier alpha value is -2.08. The van der Waals surface area contributed by atoms with Gasteiger partial charge < -0.3 is 18.9 Å². The molecule has 2 rings (SSSR count). The second-order valence-electron chi connectivity index (χ2n) is 8.07. The monoisotopic (exact) mass is 392 g/mol. The zero-order chi connectivity index (χ0) is 20.6. The fraction of sp³-hybridized carbons (Fsp3) is 0.636. The summed E-state index contributed by atoms with van der Waals surface area (Å²) in [6, 6.07) is 7.67. The second kappa shape index (κ2) is 10.5. The third-order valence-electron chi connectivity index (χ3n) is 4.41. The maximum absolute atomic E-state index is 12.2. The summed E-state index contributed by atoms with van der Waals surface area (Å²) in [5, 5.41) is 0. The number of esters is 2. The highest BCUT2D eigenvalue weighted by Gasteiger charge is 2.30. The Labute approximate surface area is 167 Å². The van der Waals surface area contributed by atoms with Gasteiger partial charge in [-0.05, 0) is 71.1 Å². The van der Waals surface area contributed by atoms with Crippen molar-refractivity contribution in [1.29, 1.82) is 0 Å². The van der Waals surface area contributed by atoms with Crippen LogP contribution in [0.25, 0.3) is 0 Å². The van der Waals surface area contributed by atoms with Crippen molar-refractivity contribution in [1.82, 2.24) is 0 Å². The van der Waals surface area contributed by atoms with Crippen LogP contribution in [0, 0.1) is 5.92 Å². The first-order chi connectivity index (χ1) is 13.3. The van der Waals surface area contributed by atoms with Crippen molar-refractivity contribution in [3.63, 3.8) is 0 Å². The molecule has 0 bridgehead atoms. The van der Waals surface area contributed by atoms with Crippen LogP contribution in [-0.2, 0) is 30.4 Å². The summed E-state index contributed by atoms with van der Waals surface area (Å²) in [6.45, 7) is 8.05. The Kier molecular flexibility index (Phi) is 8.30. The van der Waals surface area contributed by atoms with Gasteiger partial charge in [0, 0.05) is 0 Å². The smallest absolute Gasteiger partial charge is 0.332 e. The standard InChI is InChI=1S/C22H32O6/c1-5-26-20(23)15-25-14-16-7-6-8-19(13-16)27-18-11-9-17(10-12-18)21(24)28-22(2,3)4/h6-8,13,17-18H,5,9-12,14-15H2,1-4H3. The quantitative estimate of drug-likeness (QED) is 0.622. The molecular weight excluding hydrogens is 360 g/mol. The summed E-state index contributed by atoms with van der Waals surface area (Å²) < 4.78 is 21.8. The highest BCUT2D eigenvalue weighted by Crippen LogP contribution is 2.30. The Bertz CT molecular complexity index is 641. The average molecular weight is 392 g/mol. The first-order valence-corrected chi connectivity index (χ1v) is 9.98. The molecule has 0 N–H and O–H groups in total. The van der Waals surface area contributed by atoms with Gasteiger partial charge in [-0.3, -0.25) is 4.79 Å². The molecule has 0 atom stereocenters. The lowest BCUT2D eigenvalue weighted by molar-refractivity contribution is -0.161. The van der Waals surface area contributed by atoms with E-state index in [0.29, 0.717) is 13.2 Å². The molecule has 6 heteroatoms. The van der Waals surface area contributed by atoms with E-state index in [9.17, 15) is 9.59 Å². The fourth-order valence-corrected chi connectivity index (χ4v) is 3.16. The van der Waals surface area contributed by atoms with E-state index < -0.39 is 5.60 Å². The van der Waals surface area contributed by atoms with Crippen molar-refractivity contribution >= 4 is 11.9 Å². The topological polar surface area (TPSA) is 71.1 Å². The van der Waals surface area contributed by atoms with Crippen LogP contribution < -0.4 is 4.74 Å². The zero-order valence-corrected chi connectivity index (χ0v) is 17.4. The van der Waals surface area contributed by atoms with E-state index in [4.69, 9.17) is 18.9 Å². The molecule has 1 saturated carbocycles. The van der Waals surface area contributed by atoms with Gasteiger partial charge in [0.15, 0.2) is 0 Å². The maximum atomic E-state index is 12.2. The van der Waals surface area contributed by atoms with Gasteiger partial charge in [-0.15, -0.1) is 0 Å². The molecule has 1 fully saturated rings. The number of rotatable bonds is 8. The number of hydrogen-bond donors (Lipinski definition) is 0. The Morgan fingerprint density at radius 2 is 1.82 bits per heavy atom. The fourth-order valence-electron chi connectivity index (χ4n) is 3.16. The molecule has 0 saturated heterocycles. The molecule has 0 spiro atoms. The summed E-state index contributed by atoms with van der Waals surface area (Å²) in [5.74, 6) is 0.267. The first-order valence-electron chi connectivity index (χ1n) is 9.98. The maximum Gasteiger partial charge on any atom is 0.332 e. The lowest BCUT2D eigenvalue weighted by Gasteiger charge is -2.30. The Morgan fingerprint density at radius 1 is 1.11 bits per heavy atom.